The highest BCUT2D eigenvalue weighted by Crippen LogP contribution is 2.37. The number of likely N-dealkylation sites (tertiary alicyclic amines) is 1. The SMILES string of the molecule is CCOc1cc2ncc(C#N)c(Nc3ccc(OCc4ccccn4)c(Cl)c3)c2cc1NC(=O)CCCN1CCCC1. The number of pyridine rings is 2. The van der Waals surface area contributed by atoms with Gasteiger partial charge in [0.25, 0.3) is 0 Å². The Labute approximate surface area is 250 Å². The Morgan fingerprint density at radius 3 is 2.69 bits per heavy atom. The van der Waals surface area contributed by atoms with Crippen molar-refractivity contribution in [2.45, 2.75) is 39.2 Å². The Bertz CT molecular complexity index is 1590. The van der Waals surface area contributed by atoms with Gasteiger partial charge in [-0.1, -0.05) is 17.7 Å². The average molecular weight is 585 g/mol. The highest BCUT2D eigenvalue weighted by atomic mass is 35.5. The maximum Gasteiger partial charge on any atom is 0.224 e. The molecule has 1 saturated heterocycles. The summed E-state index contributed by atoms with van der Waals surface area (Å²) in [7, 11) is 0. The van der Waals surface area contributed by atoms with Crippen molar-refractivity contribution in [3.63, 3.8) is 0 Å². The van der Waals surface area contributed by atoms with Crippen molar-refractivity contribution in [2.75, 3.05) is 36.9 Å². The third-order valence-electron chi connectivity index (χ3n) is 7.04. The van der Waals surface area contributed by atoms with Crippen LogP contribution >= 0.6 is 11.6 Å². The molecule has 5 rings (SSSR count). The van der Waals surface area contributed by atoms with Gasteiger partial charge in [0.05, 0.1) is 39.8 Å². The summed E-state index contributed by atoms with van der Waals surface area (Å²) >= 11 is 6.55. The number of halogens is 1. The van der Waals surface area contributed by atoms with Crippen LogP contribution in [0.2, 0.25) is 5.02 Å². The van der Waals surface area contributed by atoms with Gasteiger partial charge in [0.2, 0.25) is 5.91 Å². The van der Waals surface area contributed by atoms with Gasteiger partial charge in [0, 0.05) is 36.0 Å². The zero-order valence-corrected chi connectivity index (χ0v) is 24.3. The van der Waals surface area contributed by atoms with Crippen LogP contribution < -0.4 is 20.1 Å². The van der Waals surface area contributed by atoms with Crippen LogP contribution in [-0.2, 0) is 11.4 Å². The van der Waals surface area contributed by atoms with E-state index in [9.17, 15) is 10.1 Å². The summed E-state index contributed by atoms with van der Waals surface area (Å²) in [4.78, 5) is 24.0. The number of hydrogen-bond donors (Lipinski definition) is 2. The number of rotatable bonds is 12. The molecule has 0 radical (unpaired) electrons. The molecule has 9 nitrogen and oxygen atoms in total. The van der Waals surface area contributed by atoms with Crippen molar-refractivity contribution in [2.24, 2.45) is 0 Å². The number of anilines is 3. The lowest BCUT2D eigenvalue weighted by atomic mass is 10.1. The minimum atomic E-state index is -0.0820. The summed E-state index contributed by atoms with van der Waals surface area (Å²) in [6.45, 7) is 5.74. The number of benzene rings is 2. The molecule has 2 N–H and O–H groups in total. The highest BCUT2D eigenvalue weighted by molar-refractivity contribution is 6.32. The van der Waals surface area contributed by atoms with Crippen LogP contribution in [0.4, 0.5) is 17.1 Å². The number of nitrogens with one attached hydrogen (secondary N) is 2. The molecule has 2 aromatic carbocycles. The van der Waals surface area contributed by atoms with Gasteiger partial charge in [-0.2, -0.15) is 5.26 Å². The minimum Gasteiger partial charge on any atom is -0.492 e. The number of carbonyl (C=O) groups excluding carboxylic acids is 1. The van der Waals surface area contributed by atoms with Gasteiger partial charge in [0.1, 0.15) is 24.2 Å². The third-order valence-corrected chi connectivity index (χ3v) is 7.34. The van der Waals surface area contributed by atoms with Gasteiger partial charge in [-0.25, -0.2) is 0 Å². The van der Waals surface area contributed by atoms with E-state index in [-0.39, 0.29) is 12.5 Å². The number of carbonyl (C=O) groups is 1. The fourth-order valence-corrected chi connectivity index (χ4v) is 5.20. The molecule has 3 heterocycles. The summed E-state index contributed by atoms with van der Waals surface area (Å²) in [5.74, 6) is 0.962. The Morgan fingerprint density at radius 2 is 1.95 bits per heavy atom. The van der Waals surface area contributed by atoms with Gasteiger partial charge in [-0.3, -0.25) is 14.8 Å². The molecule has 0 bridgehead atoms. The first kappa shape index (κ1) is 29.1. The van der Waals surface area contributed by atoms with E-state index in [4.69, 9.17) is 21.1 Å². The quantitative estimate of drug-likeness (QED) is 0.189. The predicted molar refractivity (Wildman–Crippen MR) is 164 cm³/mol. The van der Waals surface area contributed by atoms with Crippen LogP contribution in [0.1, 0.15) is 43.9 Å². The van der Waals surface area contributed by atoms with Crippen LogP contribution in [-0.4, -0.2) is 47.0 Å². The topological polar surface area (TPSA) is 112 Å². The van der Waals surface area contributed by atoms with E-state index in [1.165, 1.54) is 19.0 Å². The van der Waals surface area contributed by atoms with Gasteiger partial charge in [-0.05, 0) is 82.2 Å². The van der Waals surface area contributed by atoms with Crippen LogP contribution in [0.25, 0.3) is 10.9 Å². The minimum absolute atomic E-state index is 0.0820. The van der Waals surface area contributed by atoms with Crippen molar-refractivity contribution in [3.8, 4) is 17.6 Å². The molecule has 0 spiro atoms. The van der Waals surface area contributed by atoms with Crippen LogP contribution in [0, 0.1) is 11.3 Å². The number of ether oxygens (including phenoxy) is 2. The smallest absolute Gasteiger partial charge is 0.224 e. The lowest BCUT2D eigenvalue weighted by Crippen LogP contribution is -2.22. The zero-order chi connectivity index (χ0) is 29.3. The first-order valence-electron chi connectivity index (χ1n) is 14.1. The van der Waals surface area contributed by atoms with Crippen molar-refractivity contribution in [3.05, 3.63) is 77.2 Å². The largest absolute Gasteiger partial charge is 0.492 e. The highest BCUT2D eigenvalue weighted by Gasteiger charge is 2.17. The maximum absolute atomic E-state index is 12.9. The van der Waals surface area contributed by atoms with Gasteiger partial charge in [-0.15, -0.1) is 0 Å². The van der Waals surface area contributed by atoms with E-state index in [0.29, 0.717) is 63.1 Å². The summed E-state index contributed by atoms with van der Waals surface area (Å²) in [6, 6.07) is 16.8. The molecule has 0 unspecified atom stereocenters. The van der Waals surface area contributed by atoms with E-state index in [0.717, 1.165) is 31.7 Å². The molecule has 1 fully saturated rings. The second-order valence-electron chi connectivity index (χ2n) is 10.0. The molecular weight excluding hydrogens is 552 g/mol. The van der Waals surface area contributed by atoms with Crippen molar-refractivity contribution >= 4 is 45.5 Å². The zero-order valence-electron chi connectivity index (χ0n) is 23.5. The Balaban J connectivity index is 1.37. The molecule has 2 aromatic heterocycles. The second kappa shape index (κ2) is 14.0. The Hall–Kier alpha value is -4.39. The fourth-order valence-electron chi connectivity index (χ4n) is 4.97. The van der Waals surface area contributed by atoms with Gasteiger partial charge in [0.15, 0.2) is 0 Å². The van der Waals surface area contributed by atoms with E-state index < -0.39 is 0 Å². The number of hydrogen-bond acceptors (Lipinski definition) is 8. The lowest BCUT2D eigenvalue weighted by molar-refractivity contribution is -0.116. The molecule has 10 heteroatoms. The number of amides is 1. The Kier molecular flexibility index (Phi) is 9.70. The van der Waals surface area contributed by atoms with Gasteiger partial charge >= 0.3 is 0 Å². The molecule has 0 aliphatic carbocycles. The Morgan fingerprint density at radius 1 is 1.10 bits per heavy atom. The normalized spacial score (nSPS) is 13.1. The predicted octanol–water partition coefficient (Wildman–Crippen LogP) is 6.69. The lowest BCUT2D eigenvalue weighted by Gasteiger charge is -2.17. The third kappa shape index (κ3) is 7.27. The van der Waals surface area contributed by atoms with Crippen molar-refractivity contribution < 1.29 is 14.3 Å². The monoisotopic (exact) mass is 584 g/mol. The van der Waals surface area contributed by atoms with Crippen LogP contribution in [0.3, 0.4) is 0 Å². The standard InChI is InChI=1S/C32H33ClN6O3/c1-2-41-30-18-27-25(17-28(30)38-31(40)9-7-15-39-13-5-6-14-39)32(22(19-34)20-36-27)37-23-10-11-29(26(33)16-23)42-21-24-8-3-4-12-35-24/h3-4,8,10-12,16-18,20H,2,5-7,9,13-15,21H2,1H3,(H,36,37)(H,38,40). The molecule has 1 aliphatic rings. The number of aromatic nitrogens is 2. The molecule has 42 heavy (non-hydrogen) atoms. The fraction of sp³-hybridized carbons (Fsp3) is 0.312. The van der Waals surface area contributed by atoms with Crippen LogP contribution in [0.15, 0.2) is 60.9 Å². The molecule has 0 atom stereocenters. The van der Waals surface area contributed by atoms with E-state index in [1.807, 2.05) is 31.2 Å². The number of nitriles is 1. The summed E-state index contributed by atoms with van der Waals surface area (Å²) in [6.07, 6.45) is 6.89. The van der Waals surface area contributed by atoms with E-state index in [1.54, 1.807) is 30.5 Å². The van der Waals surface area contributed by atoms with E-state index >= 15 is 0 Å². The molecule has 1 aliphatic heterocycles. The van der Waals surface area contributed by atoms with Crippen LogP contribution in [0.5, 0.6) is 11.5 Å². The number of fused-ring (bicyclic) bond motifs is 1. The number of nitrogens with zero attached hydrogens (tertiary/aromatic N) is 4. The first-order chi connectivity index (χ1) is 20.5. The van der Waals surface area contributed by atoms with Crippen molar-refractivity contribution in [1.29, 1.82) is 5.26 Å². The molecule has 0 saturated carbocycles. The molecule has 216 valence electrons. The van der Waals surface area contributed by atoms with Crippen molar-refractivity contribution in [1.82, 2.24) is 14.9 Å². The summed E-state index contributed by atoms with van der Waals surface area (Å²) in [5, 5.41) is 17.3. The van der Waals surface area contributed by atoms with E-state index in [2.05, 4.69) is 31.6 Å². The maximum atomic E-state index is 12.9. The molecular formula is C32H33ClN6O3. The van der Waals surface area contributed by atoms with Gasteiger partial charge < -0.3 is 25.0 Å². The first-order valence-corrected chi connectivity index (χ1v) is 14.5. The second-order valence-corrected chi connectivity index (χ2v) is 10.4. The summed E-state index contributed by atoms with van der Waals surface area (Å²) in [5.41, 5.74) is 3.50. The summed E-state index contributed by atoms with van der Waals surface area (Å²) < 4.78 is 11.7. The molecule has 4 aromatic rings. The average Bonchev–Trinajstić information content (AvgIpc) is 3.52. The molecule has 1 amide bonds.